The third kappa shape index (κ3) is 15.8. The van der Waals surface area contributed by atoms with E-state index in [1.807, 2.05) is 14.1 Å². The maximum Gasteiger partial charge on any atom is 0.359 e. The molecule has 0 aliphatic carbocycles. The van der Waals surface area contributed by atoms with E-state index in [-0.39, 0.29) is 12.5 Å². The largest absolute Gasteiger partial charge is 0.477 e. The molecule has 0 fully saturated rings. The Kier molecular flexibility index (Phi) is 13.6. The van der Waals surface area contributed by atoms with Crippen molar-refractivity contribution >= 4 is 11.9 Å². The summed E-state index contributed by atoms with van der Waals surface area (Å²) < 4.78 is 0.383. The number of unbranched alkanes of at least 4 members (excludes halogenated alkanes) is 9. The highest BCUT2D eigenvalue weighted by atomic mass is 16.4. The highest BCUT2D eigenvalue weighted by Crippen LogP contribution is 2.11. The van der Waals surface area contributed by atoms with Crippen molar-refractivity contribution in [2.75, 3.05) is 33.7 Å². The van der Waals surface area contributed by atoms with Gasteiger partial charge in [-0.2, -0.15) is 0 Å². The number of aliphatic carboxylic acids is 1. The third-order valence-electron chi connectivity index (χ3n) is 4.36. The highest BCUT2D eigenvalue weighted by molar-refractivity contribution is 5.75. The van der Waals surface area contributed by atoms with Gasteiger partial charge in [0.05, 0.1) is 27.2 Å². The summed E-state index contributed by atoms with van der Waals surface area (Å²) in [6.45, 7) is 3.49. The molecule has 0 spiro atoms. The van der Waals surface area contributed by atoms with Crippen molar-refractivity contribution < 1.29 is 19.2 Å². The van der Waals surface area contributed by atoms with Gasteiger partial charge in [0.25, 0.3) is 0 Å². The summed E-state index contributed by atoms with van der Waals surface area (Å²) in [5, 5.41) is 11.7. The van der Waals surface area contributed by atoms with Crippen molar-refractivity contribution in [3.05, 3.63) is 0 Å². The average molecular weight is 344 g/mol. The van der Waals surface area contributed by atoms with Crippen LogP contribution in [0.5, 0.6) is 0 Å². The molecule has 0 saturated heterocycles. The Morgan fingerprint density at radius 2 is 1.38 bits per heavy atom. The zero-order valence-electron chi connectivity index (χ0n) is 16.1. The molecule has 0 bridgehead atoms. The fourth-order valence-corrected chi connectivity index (χ4v) is 2.80. The van der Waals surface area contributed by atoms with Crippen LogP contribution in [0.1, 0.15) is 77.6 Å². The average Bonchev–Trinajstić information content (AvgIpc) is 2.47. The summed E-state index contributed by atoms with van der Waals surface area (Å²) in [6, 6.07) is 0. The molecule has 0 heterocycles. The number of hydrogen-bond acceptors (Lipinski definition) is 2. The number of nitrogens with zero attached hydrogens (tertiary/aromatic N) is 1. The van der Waals surface area contributed by atoms with Crippen LogP contribution in [0.4, 0.5) is 0 Å². The van der Waals surface area contributed by atoms with Crippen LogP contribution >= 0.6 is 0 Å². The fourth-order valence-electron chi connectivity index (χ4n) is 2.80. The molecule has 142 valence electrons. The van der Waals surface area contributed by atoms with Gasteiger partial charge in [0, 0.05) is 6.42 Å². The lowest BCUT2D eigenvalue weighted by molar-refractivity contribution is -0.881. The number of carboxylic acid groups (broad SMARTS) is 1. The molecule has 0 aromatic rings. The lowest BCUT2D eigenvalue weighted by atomic mass is 10.1. The number of carbonyl (C=O) groups excluding carboxylic acids is 1. The van der Waals surface area contributed by atoms with E-state index in [4.69, 9.17) is 5.11 Å². The first-order valence-corrected chi connectivity index (χ1v) is 9.68. The van der Waals surface area contributed by atoms with Gasteiger partial charge in [0.1, 0.15) is 0 Å². The van der Waals surface area contributed by atoms with Crippen molar-refractivity contribution in [2.24, 2.45) is 0 Å². The number of hydrogen-bond donors (Lipinski definition) is 2. The van der Waals surface area contributed by atoms with E-state index in [1.165, 1.54) is 51.4 Å². The first-order valence-electron chi connectivity index (χ1n) is 9.68. The smallest absolute Gasteiger partial charge is 0.359 e. The van der Waals surface area contributed by atoms with Crippen LogP contribution in [-0.4, -0.2) is 55.2 Å². The molecule has 0 aliphatic rings. The second-order valence-corrected chi connectivity index (χ2v) is 7.49. The second kappa shape index (κ2) is 14.3. The summed E-state index contributed by atoms with van der Waals surface area (Å²) in [6.07, 6.45) is 13.3. The normalized spacial score (nSPS) is 11.5. The minimum Gasteiger partial charge on any atom is -0.477 e. The molecule has 5 nitrogen and oxygen atoms in total. The molecule has 0 aromatic heterocycles. The number of carbonyl (C=O) groups is 2. The summed E-state index contributed by atoms with van der Waals surface area (Å²) in [5.41, 5.74) is 0. The van der Waals surface area contributed by atoms with E-state index in [9.17, 15) is 9.59 Å². The molecular weight excluding hydrogens is 304 g/mol. The van der Waals surface area contributed by atoms with Crippen LogP contribution in [0, 0.1) is 0 Å². The maximum absolute atomic E-state index is 11.8. The van der Waals surface area contributed by atoms with Gasteiger partial charge in [-0.25, -0.2) is 4.79 Å². The molecule has 0 rings (SSSR count). The molecule has 0 aliphatic heterocycles. The van der Waals surface area contributed by atoms with Gasteiger partial charge in [0.15, 0.2) is 6.54 Å². The lowest BCUT2D eigenvalue weighted by Gasteiger charge is -2.27. The van der Waals surface area contributed by atoms with Crippen molar-refractivity contribution in [1.82, 2.24) is 5.32 Å². The standard InChI is InChI=1S/C19H38N2O3/c1-4-5-6-7-8-9-10-11-12-13-14-18(22)20-15-16-21(2,3)17-19(23)24/h4-17H2,1-3H3,(H-,20,22,23,24)/p+1. The van der Waals surface area contributed by atoms with Crippen LogP contribution in [0.25, 0.3) is 0 Å². The Balaban J connectivity index is 3.43. The maximum atomic E-state index is 11.8. The Morgan fingerprint density at radius 3 is 1.88 bits per heavy atom. The Hall–Kier alpha value is -1.10. The molecule has 0 aromatic carbocycles. The van der Waals surface area contributed by atoms with E-state index in [2.05, 4.69) is 12.2 Å². The molecule has 1 amide bonds. The Labute approximate surface area is 148 Å². The molecule has 0 unspecified atom stereocenters. The second-order valence-electron chi connectivity index (χ2n) is 7.49. The predicted molar refractivity (Wildman–Crippen MR) is 98.9 cm³/mol. The van der Waals surface area contributed by atoms with Gasteiger partial charge in [-0.05, 0) is 6.42 Å². The van der Waals surface area contributed by atoms with E-state index in [1.54, 1.807) is 0 Å². The van der Waals surface area contributed by atoms with Gasteiger partial charge in [-0.15, -0.1) is 0 Å². The monoisotopic (exact) mass is 343 g/mol. The van der Waals surface area contributed by atoms with Gasteiger partial charge in [0.2, 0.25) is 5.91 Å². The summed E-state index contributed by atoms with van der Waals surface area (Å²) in [4.78, 5) is 22.5. The number of likely N-dealkylation sites (N-methyl/N-ethyl adjacent to an activating group) is 1. The van der Waals surface area contributed by atoms with E-state index < -0.39 is 5.97 Å². The number of quaternary nitrogens is 1. The quantitative estimate of drug-likeness (QED) is 0.332. The van der Waals surface area contributed by atoms with Gasteiger partial charge in [-0.3, -0.25) is 4.79 Å². The molecular formula is C19H39N2O3+. The highest BCUT2D eigenvalue weighted by Gasteiger charge is 2.19. The third-order valence-corrected chi connectivity index (χ3v) is 4.36. The van der Waals surface area contributed by atoms with Crippen LogP contribution < -0.4 is 5.32 Å². The molecule has 5 heteroatoms. The minimum atomic E-state index is -0.809. The fraction of sp³-hybridized carbons (Fsp3) is 0.895. The Bertz CT molecular complexity index is 344. The number of carboxylic acids is 1. The lowest BCUT2D eigenvalue weighted by Crippen LogP contribution is -2.48. The molecule has 0 saturated carbocycles. The van der Waals surface area contributed by atoms with Crippen molar-refractivity contribution in [1.29, 1.82) is 0 Å². The van der Waals surface area contributed by atoms with Crippen molar-refractivity contribution in [2.45, 2.75) is 77.6 Å². The van der Waals surface area contributed by atoms with Gasteiger partial charge < -0.3 is 14.9 Å². The zero-order chi connectivity index (χ0) is 18.3. The summed E-state index contributed by atoms with van der Waals surface area (Å²) in [7, 11) is 3.73. The van der Waals surface area contributed by atoms with Gasteiger partial charge >= 0.3 is 5.97 Å². The van der Waals surface area contributed by atoms with Crippen LogP contribution in [-0.2, 0) is 9.59 Å². The topological polar surface area (TPSA) is 66.4 Å². The van der Waals surface area contributed by atoms with Crippen LogP contribution in [0.2, 0.25) is 0 Å². The van der Waals surface area contributed by atoms with Gasteiger partial charge in [-0.1, -0.05) is 64.7 Å². The summed E-state index contributed by atoms with van der Waals surface area (Å²) in [5.74, 6) is -0.721. The number of nitrogens with one attached hydrogen (secondary N) is 1. The molecule has 0 radical (unpaired) electrons. The van der Waals surface area contributed by atoms with E-state index in [0.717, 1.165) is 12.8 Å². The molecule has 0 atom stereocenters. The Morgan fingerprint density at radius 1 is 0.875 bits per heavy atom. The predicted octanol–water partition coefficient (Wildman–Crippen LogP) is 3.57. The molecule has 2 N–H and O–H groups in total. The van der Waals surface area contributed by atoms with Crippen LogP contribution in [0.15, 0.2) is 0 Å². The SMILES string of the molecule is CCCCCCCCCCCCC(=O)NCC[N+](C)(C)CC(=O)O. The zero-order valence-corrected chi connectivity index (χ0v) is 16.1. The van der Waals surface area contributed by atoms with E-state index in [0.29, 0.717) is 24.0 Å². The number of rotatable bonds is 16. The summed E-state index contributed by atoms with van der Waals surface area (Å²) >= 11 is 0. The molecule has 24 heavy (non-hydrogen) atoms. The van der Waals surface area contributed by atoms with Crippen LogP contribution in [0.3, 0.4) is 0 Å². The first kappa shape index (κ1) is 22.9. The minimum absolute atomic E-state index is 0.0777. The van der Waals surface area contributed by atoms with E-state index >= 15 is 0 Å². The van der Waals surface area contributed by atoms with Crippen molar-refractivity contribution in [3.63, 3.8) is 0 Å². The first-order chi connectivity index (χ1) is 11.4. The van der Waals surface area contributed by atoms with Crippen molar-refractivity contribution in [3.8, 4) is 0 Å². The number of amides is 1.